The van der Waals surface area contributed by atoms with Crippen LogP contribution in [0.5, 0.6) is 0 Å². The largest absolute Gasteiger partial charge is 0.481 e. The molecule has 36 heavy (non-hydrogen) atoms. The third-order valence-corrected chi connectivity index (χ3v) is 5.30. The van der Waals surface area contributed by atoms with Gasteiger partial charge in [0.2, 0.25) is 17.7 Å². The Labute approximate surface area is 208 Å². The molecular weight excluding hydrogens is 474 g/mol. The van der Waals surface area contributed by atoms with Crippen molar-refractivity contribution in [2.75, 3.05) is 13.2 Å². The van der Waals surface area contributed by atoms with Crippen molar-refractivity contribution in [3.05, 3.63) is 35.9 Å². The predicted octanol–water partition coefficient (Wildman–Crippen LogP) is -1.92. The molecule has 0 radical (unpaired) electrons. The van der Waals surface area contributed by atoms with E-state index >= 15 is 0 Å². The lowest BCUT2D eigenvalue weighted by Gasteiger charge is -2.25. The summed E-state index contributed by atoms with van der Waals surface area (Å²) in [7, 11) is 0. The van der Waals surface area contributed by atoms with Gasteiger partial charge in [-0.25, -0.2) is 4.79 Å². The van der Waals surface area contributed by atoms with E-state index in [1.165, 1.54) is 0 Å². The summed E-state index contributed by atoms with van der Waals surface area (Å²) in [4.78, 5) is 60.4. The third kappa shape index (κ3) is 11.3. The molecule has 0 bridgehead atoms. The van der Waals surface area contributed by atoms with Gasteiger partial charge in [-0.3, -0.25) is 19.2 Å². The zero-order valence-corrected chi connectivity index (χ0v) is 19.9. The topological polar surface area (TPSA) is 234 Å². The van der Waals surface area contributed by atoms with Crippen molar-refractivity contribution >= 4 is 29.7 Å². The van der Waals surface area contributed by atoms with Gasteiger partial charge < -0.3 is 42.7 Å². The monoisotopic (exact) mass is 509 g/mol. The zero-order chi connectivity index (χ0) is 27.1. The molecule has 0 aromatic heterocycles. The van der Waals surface area contributed by atoms with Gasteiger partial charge in [0, 0.05) is 12.8 Å². The first-order valence-corrected chi connectivity index (χ1v) is 11.5. The van der Waals surface area contributed by atoms with Crippen molar-refractivity contribution in [2.24, 2.45) is 11.5 Å². The molecule has 0 aliphatic rings. The molecule has 0 spiro atoms. The number of aliphatic hydroxyl groups excluding tert-OH is 1. The van der Waals surface area contributed by atoms with Gasteiger partial charge in [0.05, 0.1) is 12.6 Å². The molecule has 1 aromatic rings. The predicted molar refractivity (Wildman–Crippen MR) is 128 cm³/mol. The highest BCUT2D eigenvalue weighted by Crippen LogP contribution is 2.07. The Bertz CT molecular complexity index is 883. The molecule has 0 aliphatic heterocycles. The fourth-order valence-corrected chi connectivity index (χ4v) is 3.24. The Balaban J connectivity index is 3.05. The molecule has 0 saturated carbocycles. The van der Waals surface area contributed by atoms with Crippen LogP contribution in [0.15, 0.2) is 30.3 Å². The first kappa shape index (κ1) is 30.5. The molecule has 4 unspecified atom stereocenters. The Morgan fingerprint density at radius 1 is 0.806 bits per heavy atom. The maximum atomic E-state index is 13.2. The number of carboxylic acid groups (broad SMARTS) is 2. The minimum atomic E-state index is -1.56. The summed E-state index contributed by atoms with van der Waals surface area (Å²) in [5, 5.41) is 34.4. The number of unbranched alkanes of at least 4 members (excludes halogenated alkanes) is 1. The number of nitrogens with two attached hydrogens (primary N) is 2. The molecule has 0 aliphatic carbocycles. The van der Waals surface area contributed by atoms with Crippen molar-refractivity contribution in [3.63, 3.8) is 0 Å². The lowest BCUT2D eigenvalue weighted by Crippen LogP contribution is -2.58. The Hall–Kier alpha value is -3.55. The third-order valence-electron chi connectivity index (χ3n) is 5.30. The lowest BCUT2D eigenvalue weighted by molar-refractivity contribution is -0.143. The fraction of sp³-hybridized carbons (Fsp3) is 0.522. The normalized spacial score (nSPS) is 14.1. The van der Waals surface area contributed by atoms with E-state index in [4.69, 9.17) is 21.7 Å². The maximum absolute atomic E-state index is 13.2. The van der Waals surface area contributed by atoms with Crippen LogP contribution in [0.2, 0.25) is 0 Å². The molecule has 200 valence electrons. The molecule has 0 fully saturated rings. The number of benzene rings is 1. The molecule has 10 N–H and O–H groups in total. The van der Waals surface area contributed by atoms with Crippen LogP contribution in [0.1, 0.15) is 37.7 Å². The quantitative estimate of drug-likeness (QED) is 0.108. The van der Waals surface area contributed by atoms with Crippen LogP contribution in [-0.2, 0) is 30.4 Å². The maximum Gasteiger partial charge on any atom is 0.328 e. The molecule has 13 heteroatoms. The van der Waals surface area contributed by atoms with Crippen molar-refractivity contribution in [3.8, 4) is 0 Å². The van der Waals surface area contributed by atoms with E-state index in [0.29, 0.717) is 24.9 Å². The number of carbonyl (C=O) groups excluding carboxylic acids is 3. The van der Waals surface area contributed by atoms with E-state index in [1.807, 2.05) is 0 Å². The number of nitrogens with one attached hydrogen (secondary N) is 3. The van der Waals surface area contributed by atoms with Gasteiger partial charge in [-0.1, -0.05) is 30.3 Å². The van der Waals surface area contributed by atoms with Crippen LogP contribution in [-0.4, -0.2) is 82.3 Å². The summed E-state index contributed by atoms with van der Waals surface area (Å²) in [6.45, 7) is -0.497. The number of hydrogen-bond acceptors (Lipinski definition) is 8. The molecule has 13 nitrogen and oxygen atoms in total. The smallest absolute Gasteiger partial charge is 0.328 e. The standard InChI is InChI=1S/C23H35N5O8/c24-11-5-4-8-16(21(33)28-18(13-29)23(35)36)26-22(34)17(12-14-6-2-1-3-7-14)27-20(32)15(25)9-10-19(30)31/h1-3,6-7,15-18,29H,4-5,8-13,24-25H2,(H,26,34)(H,27,32)(H,28,33)(H,30,31)(H,35,36). The molecule has 4 atom stereocenters. The fourth-order valence-electron chi connectivity index (χ4n) is 3.24. The van der Waals surface area contributed by atoms with E-state index in [-0.39, 0.29) is 25.7 Å². The van der Waals surface area contributed by atoms with Crippen LogP contribution in [0, 0.1) is 0 Å². The van der Waals surface area contributed by atoms with Crippen LogP contribution in [0.25, 0.3) is 0 Å². The first-order valence-electron chi connectivity index (χ1n) is 11.5. The second-order valence-corrected chi connectivity index (χ2v) is 8.22. The Morgan fingerprint density at radius 2 is 1.39 bits per heavy atom. The van der Waals surface area contributed by atoms with Gasteiger partial charge in [-0.05, 0) is 37.8 Å². The zero-order valence-electron chi connectivity index (χ0n) is 19.9. The highest BCUT2D eigenvalue weighted by Gasteiger charge is 2.30. The number of aliphatic hydroxyl groups is 1. The average molecular weight is 510 g/mol. The molecular formula is C23H35N5O8. The molecule has 1 aromatic carbocycles. The van der Waals surface area contributed by atoms with Crippen LogP contribution >= 0.6 is 0 Å². The first-order chi connectivity index (χ1) is 17.1. The number of carbonyl (C=O) groups is 5. The molecule has 0 saturated heterocycles. The van der Waals surface area contributed by atoms with E-state index < -0.39 is 60.4 Å². The van der Waals surface area contributed by atoms with E-state index in [9.17, 15) is 29.1 Å². The molecule has 1 rings (SSSR count). The van der Waals surface area contributed by atoms with Crippen molar-refractivity contribution in [1.82, 2.24) is 16.0 Å². The number of rotatable bonds is 17. The van der Waals surface area contributed by atoms with E-state index in [1.54, 1.807) is 30.3 Å². The van der Waals surface area contributed by atoms with Gasteiger partial charge >= 0.3 is 11.9 Å². The summed E-state index contributed by atoms with van der Waals surface area (Å²) in [5.74, 6) is -4.83. The van der Waals surface area contributed by atoms with E-state index in [0.717, 1.165) is 0 Å². The Kier molecular flexibility index (Phi) is 13.7. The lowest BCUT2D eigenvalue weighted by atomic mass is 10.0. The highest BCUT2D eigenvalue weighted by atomic mass is 16.4. The summed E-state index contributed by atoms with van der Waals surface area (Å²) in [5.41, 5.74) is 12.0. The van der Waals surface area contributed by atoms with Gasteiger partial charge in [-0.2, -0.15) is 0 Å². The van der Waals surface area contributed by atoms with Crippen LogP contribution < -0.4 is 27.4 Å². The average Bonchev–Trinajstić information content (AvgIpc) is 2.84. The number of carboxylic acids is 2. The summed E-state index contributed by atoms with van der Waals surface area (Å²) in [6.07, 6.45) is 0.713. The van der Waals surface area contributed by atoms with Crippen LogP contribution in [0.4, 0.5) is 0 Å². The minimum Gasteiger partial charge on any atom is -0.481 e. The summed E-state index contributed by atoms with van der Waals surface area (Å²) >= 11 is 0. The van der Waals surface area contributed by atoms with Crippen molar-refractivity contribution in [1.29, 1.82) is 0 Å². The summed E-state index contributed by atoms with van der Waals surface area (Å²) < 4.78 is 0. The van der Waals surface area contributed by atoms with Gasteiger partial charge in [0.25, 0.3) is 0 Å². The second-order valence-electron chi connectivity index (χ2n) is 8.22. The van der Waals surface area contributed by atoms with Crippen molar-refractivity contribution in [2.45, 2.75) is 62.7 Å². The number of aliphatic carboxylic acids is 2. The second kappa shape index (κ2) is 16.2. The summed E-state index contributed by atoms with van der Waals surface area (Å²) in [6, 6.07) is 3.69. The van der Waals surface area contributed by atoms with Crippen LogP contribution in [0.3, 0.4) is 0 Å². The number of hydrogen-bond donors (Lipinski definition) is 8. The van der Waals surface area contributed by atoms with Crippen molar-refractivity contribution < 1.29 is 39.3 Å². The van der Waals surface area contributed by atoms with Gasteiger partial charge in [0.1, 0.15) is 18.1 Å². The minimum absolute atomic E-state index is 0.0512. The molecule has 3 amide bonds. The van der Waals surface area contributed by atoms with E-state index in [2.05, 4.69) is 16.0 Å². The van der Waals surface area contributed by atoms with Gasteiger partial charge in [-0.15, -0.1) is 0 Å². The molecule has 0 heterocycles. The SMILES string of the molecule is NCCCCC(NC(=O)C(Cc1ccccc1)NC(=O)C(N)CCC(=O)O)C(=O)NC(CO)C(=O)O. The number of amides is 3. The highest BCUT2D eigenvalue weighted by molar-refractivity contribution is 5.94. The van der Waals surface area contributed by atoms with Gasteiger partial charge in [0.15, 0.2) is 0 Å². The Morgan fingerprint density at radius 3 is 1.94 bits per heavy atom.